The second-order valence-corrected chi connectivity index (χ2v) is 7.24. The molecule has 0 N–H and O–H groups in total. The molecule has 0 bridgehead atoms. The molecule has 1 saturated heterocycles. The maximum absolute atomic E-state index is 12.1. The number of amides is 1. The predicted molar refractivity (Wildman–Crippen MR) is 108 cm³/mol. The van der Waals surface area contributed by atoms with Crippen LogP contribution in [0.2, 0.25) is 10.0 Å². The lowest BCUT2D eigenvalue weighted by Crippen LogP contribution is -2.49. The Morgan fingerprint density at radius 3 is 1.77 bits per heavy atom. The number of allylic oxidation sites excluding steroid dienone is 1. The van der Waals surface area contributed by atoms with E-state index in [0.717, 1.165) is 36.2 Å². The predicted octanol–water partition coefficient (Wildman–Crippen LogP) is 4.80. The van der Waals surface area contributed by atoms with Crippen molar-refractivity contribution in [1.29, 1.82) is 0 Å². The van der Waals surface area contributed by atoms with Gasteiger partial charge in [0.1, 0.15) is 0 Å². The Balaban J connectivity index is 1.84. The van der Waals surface area contributed by atoms with E-state index in [1.54, 1.807) is 12.2 Å². The Bertz CT molecular complexity index is 718. The normalized spacial score (nSPS) is 15.8. The van der Waals surface area contributed by atoms with Gasteiger partial charge in [0.2, 0.25) is 5.91 Å². The SMILES string of the molecule is C/C=C/C(=O)N1CCN(C(c2ccc(Cl)cc2)c2ccc(Cl)cc2)CC1. The number of piperazine rings is 1. The molecule has 2 aromatic carbocycles. The first-order chi connectivity index (χ1) is 12.6. The lowest BCUT2D eigenvalue weighted by molar-refractivity contribution is -0.127. The largest absolute Gasteiger partial charge is 0.337 e. The van der Waals surface area contributed by atoms with Gasteiger partial charge in [0.05, 0.1) is 6.04 Å². The highest BCUT2D eigenvalue weighted by Gasteiger charge is 2.27. The fourth-order valence-corrected chi connectivity index (χ4v) is 3.60. The van der Waals surface area contributed by atoms with E-state index in [-0.39, 0.29) is 11.9 Å². The van der Waals surface area contributed by atoms with E-state index in [4.69, 9.17) is 23.2 Å². The molecule has 1 aliphatic heterocycles. The number of benzene rings is 2. The molecule has 3 nitrogen and oxygen atoms in total. The van der Waals surface area contributed by atoms with Gasteiger partial charge in [-0.25, -0.2) is 0 Å². The van der Waals surface area contributed by atoms with Crippen LogP contribution in [0.4, 0.5) is 0 Å². The molecule has 0 radical (unpaired) electrons. The van der Waals surface area contributed by atoms with Crippen molar-refractivity contribution >= 4 is 29.1 Å². The topological polar surface area (TPSA) is 23.6 Å². The van der Waals surface area contributed by atoms with E-state index in [9.17, 15) is 4.79 Å². The molecule has 0 aromatic heterocycles. The zero-order valence-corrected chi connectivity index (χ0v) is 16.2. The number of nitrogens with zero attached hydrogens (tertiary/aromatic N) is 2. The summed E-state index contributed by atoms with van der Waals surface area (Å²) in [6.45, 7) is 4.95. The molecular formula is C21H22Cl2N2O. The quantitative estimate of drug-likeness (QED) is 0.702. The first-order valence-electron chi connectivity index (χ1n) is 8.75. The maximum atomic E-state index is 12.1. The average molecular weight is 389 g/mol. The second kappa shape index (κ2) is 8.72. The standard InChI is InChI=1S/C21H22Cl2N2O/c1-2-3-20(26)24-12-14-25(15-13-24)21(16-4-8-18(22)9-5-16)17-6-10-19(23)11-7-17/h2-11,21H,12-15H2,1H3/b3-2+. The number of halogens is 2. The smallest absolute Gasteiger partial charge is 0.246 e. The fourth-order valence-electron chi connectivity index (χ4n) is 3.35. The Morgan fingerprint density at radius 1 is 0.885 bits per heavy atom. The van der Waals surface area contributed by atoms with E-state index in [1.165, 1.54) is 11.1 Å². The summed E-state index contributed by atoms with van der Waals surface area (Å²) in [7, 11) is 0. The van der Waals surface area contributed by atoms with E-state index in [1.807, 2.05) is 36.1 Å². The minimum Gasteiger partial charge on any atom is -0.337 e. The zero-order chi connectivity index (χ0) is 18.5. The van der Waals surface area contributed by atoms with Gasteiger partial charge in [0.25, 0.3) is 0 Å². The summed E-state index contributed by atoms with van der Waals surface area (Å²) in [5.74, 6) is 0.0849. The molecule has 0 unspecified atom stereocenters. The third-order valence-corrected chi connectivity index (χ3v) is 5.18. The van der Waals surface area contributed by atoms with E-state index in [0.29, 0.717) is 0 Å². The van der Waals surface area contributed by atoms with Crippen LogP contribution in [-0.2, 0) is 4.79 Å². The Labute approximate surface area is 164 Å². The minimum atomic E-state index is 0.0849. The Hall–Kier alpha value is -1.81. The van der Waals surface area contributed by atoms with Crippen molar-refractivity contribution in [3.05, 3.63) is 81.9 Å². The minimum absolute atomic E-state index is 0.0849. The third kappa shape index (κ3) is 4.47. The van der Waals surface area contributed by atoms with E-state index in [2.05, 4.69) is 29.2 Å². The molecule has 0 atom stereocenters. The highest BCUT2D eigenvalue weighted by atomic mass is 35.5. The van der Waals surface area contributed by atoms with Gasteiger partial charge < -0.3 is 4.90 Å². The molecule has 2 aromatic rings. The average Bonchev–Trinajstić information content (AvgIpc) is 2.66. The van der Waals surface area contributed by atoms with Crippen LogP contribution >= 0.6 is 23.2 Å². The number of hydrogen-bond donors (Lipinski definition) is 0. The molecule has 3 rings (SSSR count). The molecule has 0 aliphatic carbocycles. The highest BCUT2D eigenvalue weighted by molar-refractivity contribution is 6.30. The fraction of sp³-hybridized carbons (Fsp3) is 0.286. The molecule has 136 valence electrons. The van der Waals surface area contributed by atoms with Crippen LogP contribution in [0, 0.1) is 0 Å². The number of carbonyl (C=O) groups excluding carboxylic acids is 1. The van der Waals surface area contributed by atoms with Gasteiger partial charge in [0, 0.05) is 36.2 Å². The van der Waals surface area contributed by atoms with Gasteiger partial charge in [-0.1, -0.05) is 53.5 Å². The van der Waals surface area contributed by atoms with Crippen molar-refractivity contribution in [1.82, 2.24) is 9.80 Å². The van der Waals surface area contributed by atoms with Crippen molar-refractivity contribution in [3.8, 4) is 0 Å². The molecule has 1 amide bonds. The van der Waals surface area contributed by atoms with Crippen molar-refractivity contribution < 1.29 is 4.79 Å². The van der Waals surface area contributed by atoms with Gasteiger partial charge in [-0.2, -0.15) is 0 Å². The van der Waals surface area contributed by atoms with Crippen LogP contribution in [-0.4, -0.2) is 41.9 Å². The molecule has 1 aliphatic rings. The maximum Gasteiger partial charge on any atom is 0.246 e. The lowest BCUT2D eigenvalue weighted by Gasteiger charge is -2.39. The van der Waals surface area contributed by atoms with Crippen LogP contribution in [0.1, 0.15) is 24.1 Å². The Kier molecular flexibility index (Phi) is 6.36. The van der Waals surface area contributed by atoms with Gasteiger partial charge >= 0.3 is 0 Å². The van der Waals surface area contributed by atoms with Gasteiger partial charge in [-0.05, 0) is 48.4 Å². The summed E-state index contributed by atoms with van der Waals surface area (Å²) >= 11 is 12.1. The number of carbonyl (C=O) groups is 1. The lowest BCUT2D eigenvalue weighted by atomic mass is 9.96. The van der Waals surface area contributed by atoms with Crippen LogP contribution in [0.3, 0.4) is 0 Å². The summed E-state index contributed by atoms with van der Waals surface area (Å²) in [6, 6.07) is 16.1. The molecule has 0 saturated carbocycles. The van der Waals surface area contributed by atoms with E-state index >= 15 is 0 Å². The van der Waals surface area contributed by atoms with Crippen LogP contribution in [0.15, 0.2) is 60.7 Å². The summed E-state index contributed by atoms with van der Waals surface area (Å²) < 4.78 is 0. The second-order valence-electron chi connectivity index (χ2n) is 6.37. The van der Waals surface area contributed by atoms with Crippen molar-refractivity contribution in [3.63, 3.8) is 0 Å². The summed E-state index contributed by atoms with van der Waals surface area (Å²) in [6.07, 6.45) is 3.42. The summed E-state index contributed by atoms with van der Waals surface area (Å²) in [5.41, 5.74) is 2.37. The van der Waals surface area contributed by atoms with Crippen LogP contribution in [0.5, 0.6) is 0 Å². The number of hydrogen-bond acceptors (Lipinski definition) is 2. The van der Waals surface area contributed by atoms with E-state index < -0.39 is 0 Å². The molecular weight excluding hydrogens is 367 g/mol. The third-order valence-electron chi connectivity index (χ3n) is 4.67. The summed E-state index contributed by atoms with van der Waals surface area (Å²) in [4.78, 5) is 16.4. The van der Waals surface area contributed by atoms with Crippen molar-refractivity contribution in [2.24, 2.45) is 0 Å². The van der Waals surface area contributed by atoms with Crippen molar-refractivity contribution in [2.75, 3.05) is 26.2 Å². The molecule has 1 fully saturated rings. The van der Waals surface area contributed by atoms with Crippen LogP contribution in [0.25, 0.3) is 0 Å². The Morgan fingerprint density at radius 2 is 1.35 bits per heavy atom. The van der Waals surface area contributed by atoms with Gasteiger partial charge in [0.15, 0.2) is 0 Å². The molecule has 26 heavy (non-hydrogen) atoms. The van der Waals surface area contributed by atoms with Crippen molar-refractivity contribution in [2.45, 2.75) is 13.0 Å². The van der Waals surface area contributed by atoms with Gasteiger partial charge in [-0.15, -0.1) is 0 Å². The first kappa shape index (κ1) is 19.0. The molecule has 0 spiro atoms. The zero-order valence-electron chi connectivity index (χ0n) is 14.7. The highest BCUT2D eigenvalue weighted by Crippen LogP contribution is 2.31. The summed E-state index contributed by atoms with van der Waals surface area (Å²) in [5, 5.41) is 1.45. The monoisotopic (exact) mass is 388 g/mol. The van der Waals surface area contributed by atoms with Crippen LogP contribution < -0.4 is 0 Å². The molecule has 5 heteroatoms. The number of rotatable bonds is 4. The molecule has 1 heterocycles. The van der Waals surface area contributed by atoms with Gasteiger partial charge in [-0.3, -0.25) is 9.69 Å². The first-order valence-corrected chi connectivity index (χ1v) is 9.50.